The van der Waals surface area contributed by atoms with Gasteiger partial charge in [-0.3, -0.25) is 4.79 Å². The van der Waals surface area contributed by atoms with Gasteiger partial charge in [0.1, 0.15) is 23.0 Å². The number of carbonyl (C=O) groups is 1. The van der Waals surface area contributed by atoms with E-state index in [1.807, 2.05) is 14.8 Å². The van der Waals surface area contributed by atoms with Gasteiger partial charge in [-0.2, -0.15) is 0 Å². The number of benzene rings is 1. The molecule has 0 spiro atoms. The number of morpholine rings is 1. The van der Waals surface area contributed by atoms with Gasteiger partial charge < -0.3 is 24.0 Å². The molecule has 2 aromatic heterocycles. The number of hydrogen-bond acceptors (Lipinski definition) is 7. The highest BCUT2D eigenvalue weighted by molar-refractivity contribution is 7.09. The van der Waals surface area contributed by atoms with E-state index in [2.05, 4.69) is 18.8 Å². The standard InChI is InChI=1S/C24H26FN3O5S/c1-13(2)17-12-34-20(26-17)11-33-19-10-18-15(9-16(19)25)22(29)21(24(30)31)23(28(18)14-3-4-14)27-5-7-32-8-6-27/h9-10,12-14H,3-8,11H2,1-2H3,(H,30,31). The predicted octanol–water partition coefficient (Wildman–Crippen LogP) is 4.17. The number of carboxylic acids is 1. The van der Waals surface area contributed by atoms with Crippen LogP contribution in [0.5, 0.6) is 5.75 Å². The molecule has 1 aliphatic carbocycles. The summed E-state index contributed by atoms with van der Waals surface area (Å²) in [5.74, 6) is -1.35. The average molecular weight is 488 g/mol. The molecule has 8 nitrogen and oxygen atoms in total. The van der Waals surface area contributed by atoms with Crippen LogP contribution in [0.3, 0.4) is 0 Å². The highest BCUT2D eigenvalue weighted by atomic mass is 32.1. The molecule has 0 radical (unpaired) electrons. The first-order valence-corrected chi connectivity index (χ1v) is 12.3. The summed E-state index contributed by atoms with van der Waals surface area (Å²) < 4.78 is 28.1. The van der Waals surface area contributed by atoms with E-state index in [0.29, 0.717) is 37.6 Å². The number of ether oxygens (including phenoxy) is 2. The Kier molecular flexibility index (Phi) is 6.03. The molecule has 0 amide bonds. The normalized spacial score (nSPS) is 16.4. The van der Waals surface area contributed by atoms with E-state index < -0.39 is 17.2 Å². The van der Waals surface area contributed by atoms with Crippen molar-refractivity contribution in [2.75, 3.05) is 31.2 Å². The van der Waals surface area contributed by atoms with Crippen LogP contribution in [0, 0.1) is 5.82 Å². The molecule has 1 saturated carbocycles. The van der Waals surface area contributed by atoms with E-state index in [1.54, 1.807) is 0 Å². The number of fused-ring (bicyclic) bond motifs is 1. The number of anilines is 1. The van der Waals surface area contributed by atoms with Gasteiger partial charge in [0.05, 0.1) is 24.4 Å². The van der Waals surface area contributed by atoms with Gasteiger partial charge in [-0.25, -0.2) is 14.2 Å². The summed E-state index contributed by atoms with van der Waals surface area (Å²) in [7, 11) is 0. The van der Waals surface area contributed by atoms with E-state index in [4.69, 9.17) is 9.47 Å². The van der Waals surface area contributed by atoms with Crippen molar-refractivity contribution in [2.45, 2.75) is 45.3 Å². The number of hydrogen-bond donors (Lipinski definition) is 1. The van der Waals surface area contributed by atoms with Crippen LogP contribution in [0.25, 0.3) is 10.9 Å². The Hall–Kier alpha value is -2.98. The minimum absolute atomic E-state index is 0.0126. The second kappa shape index (κ2) is 8.99. The average Bonchev–Trinajstić information content (AvgIpc) is 3.54. The first kappa shape index (κ1) is 22.8. The second-order valence-corrected chi connectivity index (χ2v) is 9.89. The zero-order chi connectivity index (χ0) is 24.0. The van der Waals surface area contributed by atoms with Crippen LogP contribution in [0.15, 0.2) is 22.3 Å². The van der Waals surface area contributed by atoms with E-state index in [0.717, 1.165) is 29.6 Å². The fraction of sp³-hybridized carbons (Fsp3) is 0.458. The van der Waals surface area contributed by atoms with Gasteiger partial charge in [0, 0.05) is 36.0 Å². The van der Waals surface area contributed by atoms with Crippen molar-refractivity contribution in [2.24, 2.45) is 0 Å². The summed E-state index contributed by atoms with van der Waals surface area (Å²) in [4.78, 5) is 31.9. The van der Waals surface area contributed by atoms with Gasteiger partial charge in [0.2, 0.25) is 5.43 Å². The van der Waals surface area contributed by atoms with Crippen molar-refractivity contribution >= 4 is 34.0 Å². The van der Waals surface area contributed by atoms with Crippen LogP contribution < -0.4 is 15.1 Å². The molecular weight excluding hydrogens is 461 g/mol. The van der Waals surface area contributed by atoms with Gasteiger partial charge in [-0.15, -0.1) is 11.3 Å². The number of carboxylic acid groups (broad SMARTS) is 1. The van der Waals surface area contributed by atoms with Crippen LogP contribution in [0.4, 0.5) is 10.2 Å². The highest BCUT2D eigenvalue weighted by Gasteiger charge is 2.34. The lowest BCUT2D eigenvalue weighted by molar-refractivity contribution is 0.0694. The van der Waals surface area contributed by atoms with Crippen molar-refractivity contribution < 1.29 is 23.8 Å². The molecule has 1 aliphatic heterocycles. The largest absolute Gasteiger partial charge is 0.483 e. The Morgan fingerprint density at radius 3 is 2.68 bits per heavy atom. The lowest BCUT2D eigenvalue weighted by Crippen LogP contribution is -2.40. The Balaban J connectivity index is 1.62. The molecule has 5 rings (SSSR count). The monoisotopic (exact) mass is 487 g/mol. The minimum Gasteiger partial charge on any atom is -0.483 e. The summed E-state index contributed by atoms with van der Waals surface area (Å²) in [5, 5.41) is 12.7. The van der Waals surface area contributed by atoms with E-state index >= 15 is 4.39 Å². The predicted molar refractivity (Wildman–Crippen MR) is 127 cm³/mol. The summed E-state index contributed by atoms with van der Waals surface area (Å²) in [6.45, 7) is 6.06. The number of thiazole rings is 1. The van der Waals surface area contributed by atoms with Crippen molar-refractivity contribution in [1.82, 2.24) is 9.55 Å². The van der Waals surface area contributed by atoms with Gasteiger partial charge >= 0.3 is 5.97 Å². The molecule has 0 atom stereocenters. The van der Waals surface area contributed by atoms with Crippen LogP contribution in [-0.4, -0.2) is 46.9 Å². The molecule has 2 fully saturated rings. The Bertz CT molecular complexity index is 1310. The fourth-order valence-corrected chi connectivity index (χ4v) is 5.15. The quantitative estimate of drug-likeness (QED) is 0.535. The third kappa shape index (κ3) is 4.16. The van der Waals surface area contributed by atoms with Gasteiger partial charge in [-0.1, -0.05) is 13.8 Å². The smallest absolute Gasteiger partial charge is 0.343 e. The molecule has 180 valence electrons. The van der Waals surface area contributed by atoms with E-state index in [9.17, 15) is 14.7 Å². The Morgan fingerprint density at radius 1 is 1.32 bits per heavy atom. The SMILES string of the molecule is CC(C)c1csc(COc2cc3c(cc2F)c(=O)c(C(=O)O)c(N2CCOCC2)n3C2CC2)n1. The van der Waals surface area contributed by atoms with E-state index in [1.165, 1.54) is 17.4 Å². The molecular formula is C24H26FN3O5S. The van der Waals surface area contributed by atoms with Gasteiger partial charge in [-0.05, 0) is 24.8 Å². The van der Waals surface area contributed by atoms with Crippen molar-refractivity contribution in [3.8, 4) is 5.75 Å². The number of halogens is 1. The van der Waals surface area contributed by atoms with Crippen LogP contribution in [0.1, 0.15) is 59.7 Å². The molecule has 1 N–H and O–H groups in total. The second-order valence-electron chi connectivity index (χ2n) is 8.94. The highest BCUT2D eigenvalue weighted by Crippen LogP contribution is 2.42. The number of rotatable bonds is 7. The first-order chi connectivity index (χ1) is 16.3. The molecule has 34 heavy (non-hydrogen) atoms. The van der Waals surface area contributed by atoms with Crippen LogP contribution in [-0.2, 0) is 11.3 Å². The Morgan fingerprint density at radius 2 is 2.06 bits per heavy atom. The zero-order valence-electron chi connectivity index (χ0n) is 19.0. The Labute approximate surface area is 199 Å². The molecule has 0 unspecified atom stereocenters. The lowest BCUT2D eigenvalue weighted by atomic mass is 10.1. The third-order valence-electron chi connectivity index (χ3n) is 6.18. The number of aromatic carboxylic acids is 1. The lowest BCUT2D eigenvalue weighted by Gasteiger charge is -2.33. The maximum Gasteiger partial charge on any atom is 0.343 e. The van der Waals surface area contributed by atoms with Crippen molar-refractivity contribution in [3.63, 3.8) is 0 Å². The molecule has 1 aromatic carbocycles. The molecule has 1 saturated heterocycles. The third-order valence-corrected chi connectivity index (χ3v) is 7.02. The maximum absolute atomic E-state index is 15.0. The van der Waals surface area contributed by atoms with E-state index in [-0.39, 0.29) is 35.3 Å². The van der Waals surface area contributed by atoms with Gasteiger partial charge in [0.25, 0.3) is 0 Å². The van der Waals surface area contributed by atoms with Crippen molar-refractivity contribution in [1.29, 1.82) is 0 Å². The van der Waals surface area contributed by atoms with Crippen LogP contribution in [0.2, 0.25) is 0 Å². The first-order valence-electron chi connectivity index (χ1n) is 11.4. The minimum atomic E-state index is -1.31. The molecule has 3 aromatic rings. The molecule has 10 heteroatoms. The molecule has 0 bridgehead atoms. The molecule has 2 aliphatic rings. The summed E-state index contributed by atoms with van der Waals surface area (Å²) >= 11 is 1.46. The van der Waals surface area contributed by atoms with Gasteiger partial charge in [0.15, 0.2) is 11.6 Å². The fourth-order valence-electron chi connectivity index (χ4n) is 4.28. The summed E-state index contributed by atoms with van der Waals surface area (Å²) in [5.41, 5.74) is 0.435. The topological polar surface area (TPSA) is 93.9 Å². The number of nitrogens with zero attached hydrogens (tertiary/aromatic N) is 3. The number of pyridine rings is 1. The molecule has 3 heterocycles. The zero-order valence-corrected chi connectivity index (χ0v) is 19.9. The maximum atomic E-state index is 15.0. The number of aromatic nitrogens is 2. The van der Waals surface area contributed by atoms with Crippen LogP contribution >= 0.6 is 11.3 Å². The van der Waals surface area contributed by atoms with Crippen molar-refractivity contribution in [3.05, 3.63) is 49.8 Å². The summed E-state index contributed by atoms with van der Waals surface area (Å²) in [6.07, 6.45) is 1.72. The summed E-state index contributed by atoms with van der Waals surface area (Å²) in [6, 6.07) is 2.67.